The Hall–Kier alpha value is -3.40. The van der Waals surface area contributed by atoms with Crippen LogP contribution < -0.4 is 5.32 Å². The molecule has 140 valence electrons. The highest BCUT2D eigenvalue weighted by Gasteiger charge is 2.12. The van der Waals surface area contributed by atoms with E-state index in [4.69, 9.17) is 4.98 Å². The number of amides is 1. The van der Waals surface area contributed by atoms with Crippen molar-refractivity contribution in [2.45, 2.75) is 20.3 Å². The van der Waals surface area contributed by atoms with E-state index in [2.05, 4.69) is 41.1 Å². The Balaban J connectivity index is 1.60. The average molecular weight is 369 g/mol. The van der Waals surface area contributed by atoms with Crippen LogP contribution in [0.1, 0.15) is 32.9 Å². The molecule has 28 heavy (non-hydrogen) atoms. The van der Waals surface area contributed by atoms with Crippen LogP contribution in [0.25, 0.3) is 11.0 Å². The van der Waals surface area contributed by atoms with Gasteiger partial charge in [-0.1, -0.05) is 42.0 Å². The van der Waals surface area contributed by atoms with E-state index in [9.17, 15) is 4.79 Å². The highest BCUT2D eigenvalue weighted by atomic mass is 16.1. The molecule has 0 saturated heterocycles. The first-order valence-corrected chi connectivity index (χ1v) is 9.39. The van der Waals surface area contributed by atoms with Crippen molar-refractivity contribution in [1.29, 1.82) is 0 Å². The minimum atomic E-state index is -0.115. The van der Waals surface area contributed by atoms with Gasteiger partial charge in [0.2, 0.25) is 0 Å². The van der Waals surface area contributed by atoms with Crippen molar-refractivity contribution < 1.29 is 4.79 Å². The van der Waals surface area contributed by atoms with Crippen molar-refractivity contribution in [1.82, 2.24) is 9.55 Å². The molecule has 0 aliphatic carbocycles. The number of aryl methyl sites for hydroxylation is 3. The van der Waals surface area contributed by atoms with E-state index in [1.54, 1.807) is 0 Å². The number of carbonyl (C=O) groups is 1. The normalized spacial score (nSPS) is 11.0. The Kier molecular flexibility index (Phi) is 4.70. The zero-order chi connectivity index (χ0) is 19.7. The molecule has 0 saturated carbocycles. The number of hydrogen-bond acceptors (Lipinski definition) is 2. The molecular weight excluding hydrogens is 346 g/mol. The summed E-state index contributed by atoms with van der Waals surface area (Å²) in [5.41, 5.74) is 7.00. The van der Waals surface area contributed by atoms with Gasteiger partial charge in [-0.05, 0) is 55.3 Å². The van der Waals surface area contributed by atoms with Crippen LogP contribution in [-0.4, -0.2) is 15.5 Å². The van der Waals surface area contributed by atoms with Crippen molar-refractivity contribution in [2.24, 2.45) is 7.05 Å². The Bertz CT molecular complexity index is 1160. The molecule has 1 N–H and O–H groups in total. The molecule has 0 fully saturated rings. The van der Waals surface area contributed by atoms with E-state index in [0.29, 0.717) is 5.56 Å². The number of benzene rings is 3. The smallest absolute Gasteiger partial charge is 0.255 e. The van der Waals surface area contributed by atoms with Crippen molar-refractivity contribution >= 4 is 22.6 Å². The quantitative estimate of drug-likeness (QED) is 0.548. The van der Waals surface area contributed by atoms with Gasteiger partial charge in [0, 0.05) is 24.7 Å². The van der Waals surface area contributed by atoms with Gasteiger partial charge in [0.1, 0.15) is 5.82 Å². The number of carbonyl (C=O) groups excluding carboxylic acids is 1. The molecular formula is C24H23N3O. The summed E-state index contributed by atoms with van der Waals surface area (Å²) in [5, 5.41) is 2.97. The maximum absolute atomic E-state index is 12.5. The lowest BCUT2D eigenvalue weighted by Gasteiger charge is -2.06. The largest absolute Gasteiger partial charge is 0.331 e. The van der Waals surface area contributed by atoms with Gasteiger partial charge < -0.3 is 9.88 Å². The SMILES string of the molecule is Cc1ccc(C(=O)Nc2ccc3c(c2)nc(Cc2ccccc2C)n3C)cc1. The van der Waals surface area contributed by atoms with Crippen LogP contribution >= 0.6 is 0 Å². The molecule has 1 amide bonds. The molecule has 4 aromatic rings. The molecule has 1 heterocycles. The zero-order valence-corrected chi connectivity index (χ0v) is 16.4. The summed E-state index contributed by atoms with van der Waals surface area (Å²) in [6, 6.07) is 21.8. The van der Waals surface area contributed by atoms with Crippen LogP contribution in [-0.2, 0) is 13.5 Å². The van der Waals surface area contributed by atoms with Crippen molar-refractivity contribution in [3.05, 3.63) is 94.8 Å². The Labute approximate surface area is 164 Å². The van der Waals surface area contributed by atoms with Crippen molar-refractivity contribution in [3.8, 4) is 0 Å². The molecule has 3 aromatic carbocycles. The Morgan fingerprint density at radius 1 is 1.00 bits per heavy atom. The first-order valence-electron chi connectivity index (χ1n) is 9.39. The van der Waals surface area contributed by atoms with Gasteiger partial charge in [0.05, 0.1) is 11.0 Å². The third kappa shape index (κ3) is 3.54. The number of aromatic nitrogens is 2. The molecule has 0 radical (unpaired) electrons. The number of hydrogen-bond donors (Lipinski definition) is 1. The summed E-state index contributed by atoms with van der Waals surface area (Å²) in [4.78, 5) is 17.3. The second-order valence-electron chi connectivity index (χ2n) is 7.21. The second-order valence-corrected chi connectivity index (χ2v) is 7.21. The molecule has 0 atom stereocenters. The summed E-state index contributed by atoms with van der Waals surface area (Å²) >= 11 is 0. The summed E-state index contributed by atoms with van der Waals surface area (Å²) < 4.78 is 2.12. The van der Waals surface area contributed by atoms with Crippen LogP contribution in [0.3, 0.4) is 0 Å². The Morgan fingerprint density at radius 2 is 1.75 bits per heavy atom. The third-order valence-corrected chi connectivity index (χ3v) is 5.15. The van der Waals surface area contributed by atoms with Crippen LogP contribution in [0, 0.1) is 13.8 Å². The predicted octanol–water partition coefficient (Wildman–Crippen LogP) is 5.03. The van der Waals surface area contributed by atoms with Crippen molar-refractivity contribution in [2.75, 3.05) is 5.32 Å². The number of rotatable bonds is 4. The minimum absolute atomic E-state index is 0.115. The average Bonchev–Trinajstić information content (AvgIpc) is 2.99. The summed E-state index contributed by atoms with van der Waals surface area (Å²) in [6.45, 7) is 4.13. The highest BCUT2D eigenvalue weighted by molar-refractivity contribution is 6.05. The van der Waals surface area contributed by atoms with Gasteiger partial charge >= 0.3 is 0 Å². The third-order valence-electron chi connectivity index (χ3n) is 5.15. The number of nitrogens with one attached hydrogen (secondary N) is 1. The van der Waals surface area contributed by atoms with Gasteiger partial charge in [-0.25, -0.2) is 4.98 Å². The van der Waals surface area contributed by atoms with E-state index in [1.165, 1.54) is 11.1 Å². The van der Waals surface area contributed by atoms with Crippen LogP contribution in [0.4, 0.5) is 5.69 Å². The maximum Gasteiger partial charge on any atom is 0.255 e. The molecule has 0 bridgehead atoms. The number of anilines is 1. The monoisotopic (exact) mass is 369 g/mol. The van der Waals surface area contributed by atoms with E-state index in [1.807, 2.05) is 56.4 Å². The zero-order valence-electron chi connectivity index (χ0n) is 16.4. The van der Waals surface area contributed by atoms with Gasteiger partial charge in [-0.2, -0.15) is 0 Å². The summed E-state index contributed by atoms with van der Waals surface area (Å²) in [7, 11) is 2.04. The van der Waals surface area contributed by atoms with Gasteiger partial charge in [0.15, 0.2) is 0 Å². The first kappa shape index (κ1) is 18.0. The molecule has 4 rings (SSSR count). The van der Waals surface area contributed by atoms with E-state index < -0.39 is 0 Å². The molecule has 1 aromatic heterocycles. The molecule has 4 nitrogen and oxygen atoms in total. The first-order chi connectivity index (χ1) is 13.5. The second kappa shape index (κ2) is 7.31. The van der Waals surface area contributed by atoms with Crippen LogP contribution in [0.15, 0.2) is 66.7 Å². The molecule has 0 spiro atoms. The van der Waals surface area contributed by atoms with E-state index >= 15 is 0 Å². The fourth-order valence-electron chi connectivity index (χ4n) is 3.37. The Morgan fingerprint density at radius 3 is 2.50 bits per heavy atom. The lowest BCUT2D eigenvalue weighted by Crippen LogP contribution is -2.11. The van der Waals surface area contributed by atoms with E-state index in [-0.39, 0.29) is 5.91 Å². The number of fused-ring (bicyclic) bond motifs is 1. The predicted molar refractivity (Wildman–Crippen MR) is 114 cm³/mol. The fraction of sp³-hybridized carbons (Fsp3) is 0.167. The van der Waals surface area contributed by atoms with Gasteiger partial charge in [0.25, 0.3) is 5.91 Å². The molecule has 0 unspecified atom stereocenters. The van der Waals surface area contributed by atoms with Crippen LogP contribution in [0.2, 0.25) is 0 Å². The molecule has 0 aliphatic heterocycles. The summed E-state index contributed by atoms with van der Waals surface area (Å²) in [6.07, 6.45) is 0.781. The maximum atomic E-state index is 12.5. The van der Waals surface area contributed by atoms with Crippen LogP contribution in [0.5, 0.6) is 0 Å². The molecule has 0 aliphatic rings. The lowest BCUT2D eigenvalue weighted by molar-refractivity contribution is 0.102. The fourth-order valence-corrected chi connectivity index (χ4v) is 3.37. The number of imidazole rings is 1. The summed E-state index contributed by atoms with van der Waals surface area (Å²) in [5.74, 6) is 0.890. The van der Waals surface area contributed by atoms with Gasteiger partial charge in [-0.15, -0.1) is 0 Å². The lowest BCUT2D eigenvalue weighted by atomic mass is 10.1. The highest BCUT2D eigenvalue weighted by Crippen LogP contribution is 2.22. The van der Waals surface area contributed by atoms with Crippen molar-refractivity contribution in [3.63, 3.8) is 0 Å². The minimum Gasteiger partial charge on any atom is -0.331 e. The standard InChI is InChI=1S/C24H23N3O/c1-16-8-10-18(11-9-16)24(28)25-20-12-13-22-21(15-20)26-23(27(22)3)14-19-7-5-4-6-17(19)2/h4-13,15H,14H2,1-3H3,(H,25,28). The molecule has 4 heteroatoms. The van der Waals surface area contributed by atoms with Gasteiger partial charge in [-0.3, -0.25) is 4.79 Å². The topological polar surface area (TPSA) is 46.9 Å². The number of nitrogens with zero attached hydrogens (tertiary/aromatic N) is 2. The van der Waals surface area contributed by atoms with E-state index in [0.717, 1.165) is 34.5 Å².